The van der Waals surface area contributed by atoms with Crippen molar-refractivity contribution in [1.82, 2.24) is 0 Å². The average Bonchev–Trinajstić information content (AvgIpc) is 3.32. The minimum atomic E-state index is 0. The molecule has 0 fully saturated rings. The molecule has 0 spiro atoms. The van der Waals surface area contributed by atoms with Gasteiger partial charge in [-0.15, -0.1) is 68.1 Å². The molecule has 0 unspecified atom stereocenters. The summed E-state index contributed by atoms with van der Waals surface area (Å²) in [5.74, 6) is 0. The number of fused-ring (bicyclic) bond motifs is 2. The fourth-order valence-electron chi connectivity index (χ4n) is 4.27. The van der Waals surface area contributed by atoms with Crippen LogP contribution >= 0.6 is 0 Å². The Hall–Kier alpha value is -0.660. The molecule has 0 heterocycles. The van der Waals surface area contributed by atoms with E-state index >= 15 is 0 Å². The van der Waals surface area contributed by atoms with E-state index in [9.17, 15) is 0 Å². The van der Waals surface area contributed by atoms with E-state index in [1.54, 1.807) is 0 Å². The van der Waals surface area contributed by atoms with Crippen molar-refractivity contribution in [2.45, 2.75) is 67.2 Å². The molecule has 0 aliphatic carbocycles. The van der Waals surface area contributed by atoms with Gasteiger partial charge in [-0.05, 0) is 12.8 Å². The fraction of sp³-hybridized carbons (Fsp3) is 0.333. The van der Waals surface area contributed by atoms with Gasteiger partial charge < -0.3 is 39.7 Å². The Morgan fingerprint density at radius 3 is 1.26 bits per heavy atom. The Kier molecular flexibility index (Phi) is 20.7. The normalized spacial score (nSPS) is 9.29. The first-order valence-electron chi connectivity index (χ1n) is 11.0. The van der Waals surface area contributed by atoms with E-state index in [2.05, 4.69) is 97.0 Å². The van der Waals surface area contributed by atoms with Crippen molar-refractivity contribution in [3.05, 3.63) is 96.8 Å². The summed E-state index contributed by atoms with van der Waals surface area (Å²) in [6, 6.07) is 18.3. The number of aryl methyl sites for hydroxylation is 6. The first-order chi connectivity index (χ1) is 14.4. The van der Waals surface area contributed by atoms with E-state index in [1.807, 2.05) is 0 Å². The van der Waals surface area contributed by atoms with Gasteiger partial charge >= 0.3 is 30.2 Å². The second-order valence-electron chi connectivity index (χ2n) is 8.30. The molecule has 0 nitrogen and oxygen atoms in total. The van der Waals surface area contributed by atoms with Gasteiger partial charge in [-0.25, -0.2) is 0 Å². The van der Waals surface area contributed by atoms with Crippen LogP contribution in [0.4, 0.5) is 0 Å². The molecular formula is C30H40Cl2SiZr-4. The molecule has 0 saturated carbocycles. The molecule has 0 atom stereocenters. The third-order valence-corrected chi connectivity index (χ3v) is 5.72. The molecule has 4 heteroatoms. The Labute approximate surface area is 239 Å². The summed E-state index contributed by atoms with van der Waals surface area (Å²) in [5.41, 5.74) is 8.56. The van der Waals surface area contributed by atoms with Crippen molar-refractivity contribution < 1.29 is 48.1 Å². The van der Waals surface area contributed by atoms with E-state index in [0.717, 1.165) is 0 Å². The molecule has 0 amide bonds. The first kappa shape index (κ1) is 37.9. The van der Waals surface area contributed by atoms with Gasteiger partial charge in [0, 0.05) is 0 Å². The van der Waals surface area contributed by atoms with Crippen LogP contribution in [0.5, 0.6) is 0 Å². The quantitative estimate of drug-likeness (QED) is 0.254. The van der Waals surface area contributed by atoms with Crippen molar-refractivity contribution >= 4 is 28.4 Å². The third-order valence-electron chi connectivity index (χ3n) is 5.72. The van der Waals surface area contributed by atoms with Crippen molar-refractivity contribution in [1.29, 1.82) is 0 Å². The predicted octanol–water partition coefficient (Wildman–Crippen LogP) is 2.78. The molecule has 4 aromatic carbocycles. The summed E-state index contributed by atoms with van der Waals surface area (Å²) in [5, 5.41) is 5.80. The summed E-state index contributed by atoms with van der Waals surface area (Å²) in [6.45, 7) is 16.3. The number of rotatable bonds is 4. The second-order valence-corrected chi connectivity index (χ2v) is 8.30. The molecule has 0 aliphatic heterocycles. The Morgan fingerprint density at radius 1 is 0.647 bits per heavy atom. The predicted molar refractivity (Wildman–Crippen MR) is 145 cm³/mol. The molecular weight excluding hydrogens is 551 g/mol. The van der Waals surface area contributed by atoms with E-state index in [-0.39, 0.29) is 39.7 Å². The van der Waals surface area contributed by atoms with Gasteiger partial charge in [-0.3, -0.25) is 0 Å². The zero-order valence-electron chi connectivity index (χ0n) is 22.2. The van der Waals surface area contributed by atoms with Crippen LogP contribution in [0.1, 0.15) is 60.1 Å². The van der Waals surface area contributed by atoms with Gasteiger partial charge in [0.2, 0.25) is 0 Å². The first-order valence-corrected chi connectivity index (χ1v) is 15.2. The van der Waals surface area contributed by atoms with Gasteiger partial charge in [0.1, 0.15) is 0 Å². The second kappa shape index (κ2) is 18.6. The minimum absolute atomic E-state index is 0. The van der Waals surface area contributed by atoms with Gasteiger partial charge in [-0.1, -0.05) is 77.6 Å². The maximum absolute atomic E-state index is 3.06. The van der Waals surface area contributed by atoms with Crippen molar-refractivity contribution in [3.8, 4) is 0 Å². The monoisotopic (exact) mass is 588 g/mol. The summed E-state index contributed by atoms with van der Waals surface area (Å²) >= 11 is 1.36. The van der Waals surface area contributed by atoms with Gasteiger partial charge in [0.15, 0.2) is 0 Å². The third kappa shape index (κ3) is 9.42. The summed E-state index contributed by atoms with van der Waals surface area (Å²) in [7, 11) is 0. The van der Waals surface area contributed by atoms with Crippen LogP contribution in [0.3, 0.4) is 0 Å². The summed E-state index contributed by atoms with van der Waals surface area (Å²) < 4.78 is 0. The van der Waals surface area contributed by atoms with E-state index < -0.39 is 0 Å². The number of hydrogen-bond donors (Lipinski definition) is 0. The molecule has 4 rings (SSSR count). The van der Waals surface area contributed by atoms with Gasteiger partial charge in [-0.2, -0.15) is 12.1 Å². The maximum atomic E-state index is 3.06. The fourth-order valence-corrected chi connectivity index (χ4v) is 4.27. The zero-order chi connectivity index (χ0) is 22.3. The van der Waals surface area contributed by atoms with Crippen LogP contribution in [-0.4, -0.2) is 6.88 Å². The Balaban J connectivity index is -0.000000475. The SMILES string of the molecule is CCCc1ccc(C)c2[cH-]c(C)cc12.CCCc1ccc(C)c2[cH-]c(C)cc12.[CH3-].[CH3-].[Cl-].[Cl-].[Si]=[Zr+2]. The number of benzene rings is 2. The van der Waals surface area contributed by atoms with Crippen LogP contribution in [0.25, 0.3) is 21.5 Å². The molecule has 34 heavy (non-hydrogen) atoms. The van der Waals surface area contributed by atoms with Crippen molar-refractivity contribution in [3.63, 3.8) is 0 Å². The van der Waals surface area contributed by atoms with Gasteiger partial charge in [0.25, 0.3) is 0 Å². The van der Waals surface area contributed by atoms with E-state index in [1.165, 1.54) is 104 Å². The Morgan fingerprint density at radius 2 is 0.971 bits per heavy atom. The standard InChI is InChI=1S/2C14H17.2CH3.2ClH.Si.Zr/c2*1-4-5-12-7-6-11(3)13-8-10(2)9-14(12)13;;;;;;/h2*6-9H,4-5H2,1-3H3;2*1H3;2*1H;;/q4*-1;;;;+2/p-2. The number of hydrogen-bond acceptors (Lipinski definition) is 0. The zero-order valence-corrected chi connectivity index (χ0v) is 27.2. The van der Waals surface area contributed by atoms with Crippen LogP contribution in [0, 0.1) is 42.5 Å². The summed E-state index contributed by atoms with van der Waals surface area (Å²) in [4.78, 5) is 0. The van der Waals surface area contributed by atoms with Crippen LogP contribution in [0.2, 0.25) is 0 Å². The van der Waals surface area contributed by atoms with Crippen molar-refractivity contribution in [2.75, 3.05) is 0 Å². The van der Waals surface area contributed by atoms with E-state index in [4.69, 9.17) is 0 Å². The Bertz CT molecular complexity index is 1020. The molecule has 0 N–H and O–H groups in total. The van der Waals surface area contributed by atoms with Crippen LogP contribution < -0.4 is 24.8 Å². The van der Waals surface area contributed by atoms with Gasteiger partial charge in [0.05, 0.1) is 0 Å². The van der Waals surface area contributed by atoms with Crippen molar-refractivity contribution in [2.24, 2.45) is 0 Å². The number of halogens is 2. The molecule has 0 bridgehead atoms. The topological polar surface area (TPSA) is 0 Å². The van der Waals surface area contributed by atoms with E-state index in [0.29, 0.717) is 0 Å². The average molecular weight is 591 g/mol. The van der Waals surface area contributed by atoms with Crippen LogP contribution in [0.15, 0.2) is 48.5 Å². The molecule has 0 saturated heterocycles. The molecule has 2 radical (unpaired) electrons. The molecule has 186 valence electrons. The van der Waals surface area contributed by atoms with Crippen LogP contribution in [-0.2, 0) is 36.2 Å². The summed E-state index contributed by atoms with van der Waals surface area (Å²) in [6.07, 6.45) is 4.84. The molecule has 0 aliphatic rings. The molecule has 4 aromatic rings. The molecule has 0 aromatic heterocycles.